The maximum Gasteiger partial charge on any atom is 0.272 e. The van der Waals surface area contributed by atoms with E-state index in [1.54, 1.807) is 13.0 Å². The molecule has 0 fully saturated rings. The molecule has 0 unspecified atom stereocenters. The van der Waals surface area contributed by atoms with Crippen LogP contribution in [0.15, 0.2) is 52.1 Å². The van der Waals surface area contributed by atoms with Gasteiger partial charge < -0.3 is 10.6 Å². The Bertz CT molecular complexity index is 1160. The zero-order chi connectivity index (χ0) is 20.3. The number of carbonyl (C=O) groups excluding carboxylic acids is 2. The Morgan fingerprint density at radius 3 is 2.50 bits per heavy atom. The van der Waals surface area contributed by atoms with Crippen LogP contribution in [0.4, 0.5) is 5.69 Å². The number of hydrogen-bond acceptors (Lipinski definition) is 4. The van der Waals surface area contributed by atoms with Crippen molar-refractivity contribution in [3.05, 3.63) is 74.3 Å². The van der Waals surface area contributed by atoms with Gasteiger partial charge in [-0.25, -0.2) is 0 Å². The largest absolute Gasteiger partial charge is 0.347 e. The first-order valence-corrected chi connectivity index (χ1v) is 8.74. The van der Waals surface area contributed by atoms with Crippen molar-refractivity contribution in [2.24, 2.45) is 0 Å². The lowest BCUT2D eigenvalue weighted by Gasteiger charge is -2.13. The van der Waals surface area contributed by atoms with Crippen molar-refractivity contribution in [1.82, 2.24) is 15.5 Å². The molecule has 8 heteroatoms. The Morgan fingerprint density at radius 1 is 1.04 bits per heavy atom. The van der Waals surface area contributed by atoms with E-state index < -0.39 is 22.9 Å². The summed E-state index contributed by atoms with van der Waals surface area (Å²) < 4.78 is 0. The summed E-state index contributed by atoms with van der Waals surface area (Å²) in [5, 5.41) is 9.87. The Morgan fingerprint density at radius 2 is 1.75 bits per heavy atom. The van der Waals surface area contributed by atoms with Gasteiger partial charge in [-0.15, -0.1) is 0 Å². The van der Waals surface area contributed by atoms with Gasteiger partial charge in [-0.3, -0.25) is 29.4 Å². The fourth-order valence-electron chi connectivity index (χ4n) is 2.94. The van der Waals surface area contributed by atoms with Crippen LogP contribution in [0.25, 0.3) is 10.8 Å². The zero-order valence-corrected chi connectivity index (χ0v) is 15.5. The van der Waals surface area contributed by atoms with Crippen molar-refractivity contribution in [2.45, 2.75) is 19.8 Å². The number of nitrogens with one attached hydrogen (secondary N) is 4. The van der Waals surface area contributed by atoms with Gasteiger partial charge in [0, 0.05) is 0 Å². The first kappa shape index (κ1) is 19.1. The summed E-state index contributed by atoms with van der Waals surface area (Å²) in [7, 11) is 0. The van der Waals surface area contributed by atoms with Crippen LogP contribution >= 0.6 is 0 Å². The van der Waals surface area contributed by atoms with Crippen molar-refractivity contribution in [3.63, 3.8) is 0 Å². The van der Waals surface area contributed by atoms with Gasteiger partial charge in [-0.05, 0) is 31.5 Å². The maximum absolute atomic E-state index is 12.3. The molecule has 8 nitrogen and oxygen atoms in total. The summed E-state index contributed by atoms with van der Waals surface area (Å²) in [5.74, 6) is -1.20. The highest BCUT2D eigenvalue weighted by atomic mass is 16.2. The highest BCUT2D eigenvalue weighted by Crippen LogP contribution is 2.17. The minimum Gasteiger partial charge on any atom is -0.347 e. The molecular weight excluding hydrogens is 360 g/mol. The van der Waals surface area contributed by atoms with Crippen LogP contribution < -0.4 is 21.8 Å². The number of hydrogen-bond donors (Lipinski definition) is 4. The second-order valence-electron chi connectivity index (χ2n) is 6.54. The minimum absolute atomic E-state index is 0.0825. The lowest BCUT2D eigenvalue weighted by Crippen LogP contribution is -2.35. The number of aromatic nitrogens is 2. The van der Waals surface area contributed by atoms with E-state index in [1.165, 1.54) is 12.1 Å². The smallest absolute Gasteiger partial charge is 0.272 e. The molecule has 1 heterocycles. The molecule has 3 rings (SSSR count). The van der Waals surface area contributed by atoms with Gasteiger partial charge >= 0.3 is 0 Å². The zero-order valence-electron chi connectivity index (χ0n) is 15.5. The third-order valence-electron chi connectivity index (χ3n) is 4.46. The summed E-state index contributed by atoms with van der Waals surface area (Å²) in [4.78, 5) is 48.4. The molecule has 3 aromatic rings. The Hall–Kier alpha value is -3.68. The highest BCUT2D eigenvalue weighted by molar-refractivity contribution is 6.03. The number of fused-ring (bicyclic) bond motifs is 1. The Balaban J connectivity index is 1.69. The van der Waals surface area contributed by atoms with Gasteiger partial charge in [0.1, 0.15) is 0 Å². The van der Waals surface area contributed by atoms with Crippen LogP contribution in [0.5, 0.6) is 0 Å². The predicted molar refractivity (Wildman–Crippen MR) is 106 cm³/mol. The van der Waals surface area contributed by atoms with Crippen LogP contribution in [-0.2, 0) is 9.59 Å². The van der Waals surface area contributed by atoms with E-state index in [4.69, 9.17) is 0 Å². The van der Waals surface area contributed by atoms with E-state index in [0.717, 1.165) is 11.1 Å². The molecule has 0 aliphatic heterocycles. The van der Waals surface area contributed by atoms with Crippen LogP contribution in [0.1, 0.15) is 24.0 Å². The van der Waals surface area contributed by atoms with Crippen molar-refractivity contribution >= 4 is 28.3 Å². The van der Waals surface area contributed by atoms with E-state index >= 15 is 0 Å². The number of benzene rings is 2. The molecule has 0 spiro atoms. The fourth-order valence-corrected chi connectivity index (χ4v) is 2.94. The van der Waals surface area contributed by atoms with Crippen LogP contribution in [0, 0.1) is 6.92 Å². The molecule has 0 aliphatic carbocycles. The summed E-state index contributed by atoms with van der Waals surface area (Å²) in [6.45, 7) is 3.45. The second-order valence-corrected chi connectivity index (χ2v) is 6.54. The van der Waals surface area contributed by atoms with Crippen molar-refractivity contribution in [3.8, 4) is 0 Å². The van der Waals surface area contributed by atoms with Crippen molar-refractivity contribution in [2.75, 3.05) is 11.9 Å². The Kier molecular flexibility index (Phi) is 5.39. The summed E-state index contributed by atoms with van der Waals surface area (Å²) in [5.41, 5.74) is 1.12. The van der Waals surface area contributed by atoms with Gasteiger partial charge in [-0.2, -0.15) is 0 Å². The predicted octanol–water partition coefficient (Wildman–Crippen LogP) is 1.38. The highest BCUT2D eigenvalue weighted by Gasteiger charge is 2.17. The minimum atomic E-state index is -0.525. The SMILES string of the molecule is Cc1cccc([C@H](C)C(=O)NCC(=O)Nc2cccc3c(=O)[nH][nH]c(=O)c23)c1. The molecule has 1 aromatic heterocycles. The molecule has 2 aromatic carbocycles. The van der Waals surface area contributed by atoms with Crippen LogP contribution in [-0.4, -0.2) is 28.6 Å². The fraction of sp³-hybridized carbons (Fsp3) is 0.200. The third kappa shape index (κ3) is 4.01. The Labute approximate surface area is 160 Å². The van der Waals surface area contributed by atoms with E-state index in [2.05, 4.69) is 20.8 Å². The third-order valence-corrected chi connectivity index (χ3v) is 4.46. The normalized spacial score (nSPS) is 11.8. The molecule has 0 bridgehead atoms. The quantitative estimate of drug-likeness (QED) is 0.534. The number of H-pyrrole nitrogens is 2. The number of anilines is 1. The summed E-state index contributed by atoms with van der Waals surface area (Å²) in [6.07, 6.45) is 0. The van der Waals surface area contributed by atoms with Gasteiger partial charge in [0.15, 0.2) is 0 Å². The lowest BCUT2D eigenvalue weighted by atomic mass is 9.99. The van der Waals surface area contributed by atoms with Gasteiger partial charge in [-0.1, -0.05) is 35.9 Å². The van der Waals surface area contributed by atoms with E-state index in [1.807, 2.05) is 31.2 Å². The average Bonchev–Trinajstić information content (AvgIpc) is 2.68. The summed E-state index contributed by atoms with van der Waals surface area (Å²) in [6, 6.07) is 12.2. The topological polar surface area (TPSA) is 124 Å². The molecule has 4 N–H and O–H groups in total. The summed E-state index contributed by atoms with van der Waals surface area (Å²) >= 11 is 0. The molecule has 0 saturated heterocycles. The molecular formula is C20H20N4O4. The maximum atomic E-state index is 12.3. The first-order valence-electron chi connectivity index (χ1n) is 8.74. The monoisotopic (exact) mass is 380 g/mol. The number of aryl methyl sites for hydroxylation is 1. The van der Waals surface area contributed by atoms with Crippen molar-refractivity contribution < 1.29 is 9.59 Å². The standard InChI is InChI=1S/C20H20N4O4/c1-11-5-3-6-13(9-11)12(2)18(26)21-10-16(25)22-15-8-4-7-14-17(15)20(28)24-23-19(14)27/h3-9,12H,10H2,1-2H3,(H,21,26)(H,22,25)(H,23,27)(H,24,28)/t12-/m0/s1. The van der Waals surface area contributed by atoms with Gasteiger partial charge in [0.05, 0.1) is 28.9 Å². The molecule has 1 atom stereocenters. The molecule has 28 heavy (non-hydrogen) atoms. The van der Waals surface area contributed by atoms with Crippen molar-refractivity contribution in [1.29, 1.82) is 0 Å². The van der Waals surface area contributed by atoms with E-state index in [-0.39, 0.29) is 28.9 Å². The second kappa shape index (κ2) is 7.91. The van der Waals surface area contributed by atoms with Gasteiger partial charge in [0.2, 0.25) is 11.8 Å². The van der Waals surface area contributed by atoms with Crippen LogP contribution in [0.3, 0.4) is 0 Å². The van der Waals surface area contributed by atoms with Gasteiger partial charge in [0.25, 0.3) is 11.1 Å². The number of rotatable bonds is 5. The molecule has 144 valence electrons. The molecule has 0 radical (unpaired) electrons. The number of amides is 2. The first-order chi connectivity index (χ1) is 13.4. The number of aromatic amines is 2. The van der Waals surface area contributed by atoms with Crippen LogP contribution in [0.2, 0.25) is 0 Å². The van der Waals surface area contributed by atoms with E-state index in [0.29, 0.717) is 0 Å². The van der Waals surface area contributed by atoms with E-state index in [9.17, 15) is 19.2 Å². The molecule has 2 amide bonds. The molecule has 0 aliphatic rings. The number of carbonyl (C=O) groups is 2. The molecule has 0 saturated carbocycles. The lowest BCUT2D eigenvalue weighted by molar-refractivity contribution is -0.125. The average molecular weight is 380 g/mol.